The fraction of sp³-hybridized carbons (Fsp3) is 0.389. The predicted molar refractivity (Wildman–Crippen MR) is 87.9 cm³/mol. The molecule has 1 amide bonds. The second-order valence-corrected chi connectivity index (χ2v) is 6.08. The van der Waals surface area contributed by atoms with Crippen molar-refractivity contribution in [1.29, 1.82) is 0 Å². The molecule has 23 heavy (non-hydrogen) atoms. The van der Waals surface area contributed by atoms with Crippen LogP contribution in [-0.4, -0.2) is 21.5 Å². The molecule has 0 spiro atoms. The van der Waals surface area contributed by atoms with E-state index in [0.717, 1.165) is 25.7 Å². The van der Waals surface area contributed by atoms with Crippen LogP contribution in [0.25, 0.3) is 0 Å². The molecule has 1 aliphatic rings. The Bertz CT molecular complexity index is 711. The Morgan fingerprint density at radius 2 is 2.04 bits per heavy atom. The fourth-order valence-corrected chi connectivity index (χ4v) is 3.30. The van der Waals surface area contributed by atoms with E-state index in [4.69, 9.17) is 0 Å². The molecule has 120 valence electrons. The first-order valence-electron chi connectivity index (χ1n) is 8.07. The van der Waals surface area contributed by atoms with Gasteiger partial charge in [-0.2, -0.15) is 0 Å². The molecule has 0 radical (unpaired) electrons. The largest absolute Gasteiger partial charge is 0.352 e. The lowest BCUT2D eigenvalue weighted by molar-refractivity contribution is -0.122. The van der Waals surface area contributed by atoms with Crippen molar-refractivity contribution in [2.75, 3.05) is 0 Å². The monoisotopic (exact) mass is 311 g/mol. The molecule has 0 aliphatic heterocycles. The van der Waals surface area contributed by atoms with E-state index >= 15 is 0 Å². The molecule has 2 atom stereocenters. The summed E-state index contributed by atoms with van der Waals surface area (Å²) in [4.78, 5) is 27.5. The van der Waals surface area contributed by atoms with E-state index < -0.39 is 5.69 Å². The van der Waals surface area contributed by atoms with Crippen LogP contribution < -0.4 is 11.0 Å². The highest BCUT2D eigenvalue weighted by Crippen LogP contribution is 2.28. The Balaban J connectivity index is 1.59. The van der Waals surface area contributed by atoms with Gasteiger partial charge < -0.3 is 5.32 Å². The van der Waals surface area contributed by atoms with Gasteiger partial charge in [0.05, 0.1) is 0 Å². The quantitative estimate of drug-likeness (QED) is 0.915. The molecule has 0 unspecified atom stereocenters. The molecule has 0 saturated heterocycles. The van der Waals surface area contributed by atoms with Crippen LogP contribution in [0.1, 0.15) is 24.8 Å². The van der Waals surface area contributed by atoms with Gasteiger partial charge in [0.1, 0.15) is 6.54 Å². The summed E-state index contributed by atoms with van der Waals surface area (Å²) < 4.78 is 1.33. The number of benzene rings is 1. The summed E-state index contributed by atoms with van der Waals surface area (Å²) in [7, 11) is 0. The Labute approximate surface area is 135 Å². The number of amides is 1. The molecule has 5 nitrogen and oxygen atoms in total. The van der Waals surface area contributed by atoms with E-state index in [0.29, 0.717) is 5.92 Å². The van der Waals surface area contributed by atoms with Crippen molar-refractivity contribution >= 4 is 5.91 Å². The molecule has 1 aliphatic carbocycles. The zero-order chi connectivity index (χ0) is 16.1. The third-order valence-corrected chi connectivity index (χ3v) is 4.44. The number of carbonyl (C=O) groups excluding carboxylic acids is 1. The molecule has 2 aromatic rings. The van der Waals surface area contributed by atoms with Crippen molar-refractivity contribution in [3.8, 4) is 0 Å². The van der Waals surface area contributed by atoms with Gasteiger partial charge in [0.2, 0.25) is 5.91 Å². The highest BCUT2D eigenvalue weighted by Gasteiger charge is 2.28. The van der Waals surface area contributed by atoms with Gasteiger partial charge in [-0.3, -0.25) is 9.36 Å². The van der Waals surface area contributed by atoms with Gasteiger partial charge in [-0.25, -0.2) is 9.78 Å². The number of carbonyl (C=O) groups is 1. The van der Waals surface area contributed by atoms with Crippen LogP contribution in [0, 0.1) is 5.92 Å². The highest BCUT2D eigenvalue weighted by molar-refractivity contribution is 5.76. The Morgan fingerprint density at radius 3 is 2.83 bits per heavy atom. The molecule has 1 fully saturated rings. The molecule has 1 aromatic heterocycles. The van der Waals surface area contributed by atoms with Gasteiger partial charge in [0, 0.05) is 18.4 Å². The number of hydrogen-bond acceptors (Lipinski definition) is 3. The van der Waals surface area contributed by atoms with Gasteiger partial charge in [-0.15, -0.1) is 0 Å². The summed E-state index contributed by atoms with van der Waals surface area (Å²) >= 11 is 0. The van der Waals surface area contributed by atoms with Gasteiger partial charge in [-0.05, 0) is 36.8 Å². The Hall–Kier alpha value is -2.43. The smallest absolute Gasteiger partial charge is 0.347 e. The van der Waals surface area contributed by atoms with E-state index in [9.17, 15) is 9.59 Å². The first-order valence-corrected chi connectivity index (χ1v) is 8.07. The highest BCUT2D eigenvalue weighted by atomic mass is 16.2. The number of rotatable bonds is 5. The lowest BCUT2D eigenvalue weighted by atomic mass is 9.94. The summed E-state index contributed by atoms with van der Waals surface area (Å²) in [6.07, 6.45) is 7.28. The average molecular weight is 311 g/mol. The predicted octanol–water partition coefficient (Wildman–Crippen LogP) is 1.77. The SMILES string of the molecule is O=C(Cn1cccnc1=O)N[C@@H]1CCC[C@H]1Cc1ccccc1. The van der Waals surface area contributed by atoms with Crippen molar-refractivity contribution in [3.05, 3.63) is 64.8 Å². The standard InChI is InChI=1S/C18H21N3O2/c22-17(13-21-11-5-10-19-18(21)23)20-16-9-4-8-15(16)12-14-6-2-1-3-7-14/h1-3,5-7,10-11,15-16H,4,8-9,12-13H2,(H,20,22)/t15-,16+/m0/s1. The van der Waals surface area contributed by atoms with Gasteiger partial charge in [0.15, 0.2) is 0 Å². The van der Waals surface area contributed by atoms with E-state index in [-0.39, 0.29) is 18.5 Å². The Morgan fingerprint density at radius 1 is 1.22 bits per heavy atom. The van der Waals surface area contributed by atoms with Crippen molar-refractivity contribution < 1.29 is 4.79 Å². The van der Waals surface area contributed by atoms with Crippen LogP contribution in [-0.2, 0) is 17.8 Å². The second-order valence-electron chi connectivity index (χ2n) is 6.08. The number of aromatic nitrogens is 2. The van der Waals surface area contributed by atoms with Gasteiger partial charge >= 0.3 is 5.69 Å². The maximum Gasteiger partial charge on any atom is 0.347 e. The molecule has 1 heterocycles. The normalized spacial score (nSPS) is 20.3. The van der Waals surface area contributed by atoms with Crippen molar-refractivity contribution in [3.63, 3.8) is 0 Å². The number of nitrogens with one attached hydrogen (secondary N) is 1. The lowest BCUT2D eigenvalue weighted by Gasteiger charge is -2.21. The number of hydrogen-bond donors (Lipinski definition) is 1. The van der Waals surface area contributed by atoms with Crippen LogP contribution in [0.15, 0.2) is 53.6 Å². The minimum absolute atomic E-state index is 0.0290. The maximum absolute atomic E-state index is 12.2. The molecule has 3 rings (SSSR count). The molecular weight excluding hydrogens is 290 g/mol. The van der Waals surface area contributed by atoms with Gasteiger partial charge in [0.25, 0.3) is 0 Å². The topological polar surface area (TPSA) is 64.0 Å². The van der Waals surface area contributed by atoms with Crippen LogP contribution in [0.3, 0.4) is 0 Å². The Kier molecular flexibility index (Phi) is 4.86. The van der Waals surface area contributed by atoms with Crippen molar-refractivity contribution in [1.82, 2.24) is 14.9 Å². The van der Waals surface area contributed by atoms with Crippen molar-refractivity contribution in [2.24, 2.45) is 5.92 Å². The summed E-state index contributed by atoms with van der Waals surface area (Å²) in [5, 5.41) is 3.10. The van der Waals surface area contributed by atoms with E-state index in [1.807, 2.05) is 18.2 Å². The summed E-state index contributed by atoms with van der Waals surface area (Å²) in [5.41, 5.74) is 0.914. The zero-order valence-electron chi connectivity index (χ0n) is 13.0. The maximum atomic E-state index is 12.2. The summed E-state index contributed by atoms with van der Waals surface area (Å²) in [5.74, 6) is 0.344. The molecule has 1 saturated carbocycles. The van der Waals surface area contributed by atoms with E-state index in [1.54, 1.807) is 12.3 Å². The van der Waals surface area contributed by atoms with Crippen LogP contribution >= 0.6 is 0 Å². The van der Waals surface area contributed by atoms with Crippen LogP contribution in [0.4, 0.5) is 0 Å². The zero-order valence-corrected chi connectivity index (χ0v) is 13.0. The third-order valence-electron chi connectivity index (χ3n) is 4.44. The minimum Gasteiger partial charge on any atom is -0.352 e. The van der Waals surface area contributed by atoms with E-state index in [1.165, 1.54) is 16.3 Å². The molecular formula is C18H21N3O2. The lowest BCUT2D eigenvalue weighted by Crippen LogP contribution is -2.41. The summed E-state index contributed by atoms with van der Waals surface area (Å²) in [6, 6.07) is 12.2. The van der Waals surface area contributed by atoms with Crippen LogP contribution in [0.5, 0.6) is 0 Å². The fourth-order valence-electron chi connectivity index (χ4n) is 3.30. The van der Waals surface area contributed by atoms with Crippen molar-refractivity contribution in [2.45, 2.75) is 38.3 Å². The van der Waals surface area contributed by atoms with E-state index in [2.05, 4.69) is 22.4 Å². The molecule has 1 aromatic carbocycles. The average Bonchev–Trinajstić information content (AvgIpc) is 2.97. The first kappa shape index (κ1) is 15.5. The summed E-state index contributed by atoms with van der Waals surface area (Å²) in [6.45, 7) is 0.0290. The molecule has 5 heteroatoms. The molecule has 0 bridgehead atoms. The molecule has 1 N–H and O–H groups in total. The first-order chi connectivity index (χ1) is 11.2. The third kappa shape index (κ3) is 4.06. The minimum atomic E-state index is -0.394. The number of nitrogens with zero attached hydrogens (tertiary/aromatic N) is 2. The second kappa shape index (κ2) is 7.22. The van der Waals surface area contributed by atoms with Gasteiger partial charge in [-0.1, -0.05) is 36.8 Å². The van der Waals surface area contributed by atoms with Crippen LogP contribution in [0.2, 0.25) is 0 Å².